The van der Waals surface area contributed by atoms with Crippen molar-refractivity contribution in [2.24, 2.45) is 21.7 Å². The number of nitrogens with two attached hydrogens (primary N) is 2. The zero-order chi connectivity index (χ0) is 10.4. The van der Waals surface area contributed by atoms with Gasteiger partial charge in [0.05, 0.1) is 11.8 Å². The Bertz CT molecular complexity index is 241. The molecule has 0 aliphatic carbocycles. The largest absolute Gasteiger partial charge is 0.369 e. The first-order valence-corrected chi connectivity index (χ1v) is 3.83. The van der Waals surface area contributed by atoms with E-state index in [1.807, 2.05) is 0 Å². The molecule has 5 N–H and O–H groups in total. The van der Waals surface area contributed by atoms with Crippen LogP contribution in [0.5, 0.6) is 0 Å². The normalized spacial score (nSPS) is 13.3. The lowest BCUT2D eigenvalue weighted by Crippen LogP contribution is -2.35. The molecule has 0 radical (unpaired) electrons. The number of rotatable bonds is 3. The van der Waals surface area contributed by atoms with Crippen LogP contribution in [0.1, 0.15) is 20.8 Å². The van der Waals surface area contributed by atoms with E-state index >= 15 is 0 Å². The molecular weight excluding hydrogens is 170 g/mol. The lowest BCUT2D eigenvalue weighted by molar-refractivity contribution is -0.119. The molecule has 0 aromatic carbocycles. The molecule has 0 spiro atoms. The number of carbonyl (C=O) groups excluding carboxylic acids is 1. The van der Waals surface area contributed by atoms with E-state index in [0.717, 1.165) is 0 Å². The highest BCUT2D eigenvalue weighted by Crippen LogP contribution is 1.88. The molecule has 0 aromatic rings. The van der Waals surface area contributed by atoms with E-state index in [1.54, 1.807) is 13.8 Å². The fraction of sp³-hybridized carbons (Fsp3) is 0.571. The molecule has 0 aliphatic rings. The van der Waals surface area contributed by atoms with Crippen LogP contribution in [0.3, 0.4) is 0 Å². The van der Waals surface area contributed by atoms with E-state index < -0.39 is 0 Å². The fourth-order valence-electron chi connectivity index (χ4n) is 0.633. The number of guanidine groups is 1. The second-order valence-corrected chi connectivity index (χ2v) is 2.69. The predicted molar refractivity (Wildman–Crippen MR) is 52.2 cm³/mol. The van der Waals surface area contributed by atoms with Crippen LogP contribution in [0, 0.1) is 0 Å². The maximum absolute atomic E-state index is 10.6. The molecule has 6 heteroatoms. The maximum Gasteiger partial charge on any atom is 0.217 e. The van der Waals surface area contributed by atoms with Gasteiger partial charge in [0.2, 0.25) is 11.9 Å². The van der Waals surface area contributed by atoms with Crippen molar-refractivity contribution in [3.63, 3.8) is 0 Å². The average Bonchev–Trinajstić information content (AvgIpc) is 1.98. The quantitative estimate of drug-likeness (QED) is 0.303. The zero-order valence-electron chi connectivity index (χ0n) is 8.03. The van der Waals surface area contributed by atoms with E-state index in [0.29, 0.717) is 5.71 Å². The summed E-state index contributed by atoms with van der Waals surface area (Å²) in [7, 11) is 0. The predicted octanol–water partition coefficient (Wildman–Crippen LogP) is -0.840. The van der Waals surface area contributed by atoms with E-state index in [1.165, 1.54) is 6.92 Å². The fourth-order valence-corrected chi connectivity index (χ4v) is 0.633. The Morgan fingerprint density at radius 2 is 1.85 bits per heavy atom. The molecule has 6 nitrogen and oxygen atoms in total. The zero-order valence-corrected chi connectivity index (χ0v) is 8.03. The van der Waals surface area contributed by atoms with Crippen molar-refractivity contribution in [2.45, 2.75) is 26.8 Å². The molecule has 0 aliphatic heterocycles. The van der Waals surface area contributed by atoms with Gasteiger partial charge in [0.25, 0.3) is 0 Å². The molecule has 0 saturated carbocycles. The minimum Gasteiger partial charge on any atom is -0.369 e. The molecule has 0 aromatic heterocycles. The minimum atomic E-state index is -0.166. The second kappa shape index (κ2) is 5.13. The van der Waals surface area contributed by atoms with Crippen molar-refractivity contribution in [2.75, 3.05) is 0 Å². The summed E-state index contributed by atoms with van der Waals surface area (Å²) >= 11 is 0. The highest BCUT2D eigenvalue weighted by molar-refractivity contribution is 5.91. The molecule has 13 heavy (non-hydrogen) atoms. The average molecular weight is 185 g/mol. The number of nitrogens with one attached hydrogen (secondary N) is 1. The molecule has 0 heterocycles. The first-order valence-electron chi connectivity index (χ1n) is 3.83. The van der Waals surface area contributed by atoms with Crippen molar-refractivity contribution in [3.8, 4) is 0 Å². The lowest BCUT2D eigenvalue weighted by atomic mass is 10.2. The molecule has 0 bridgehead atoms. The van der Waals surface area contributed by atoms with Gasteiger partial charge in [0.1, 0.15) is 0 Å². The van der Waals surface area contributed by atoms with Crippen LogP contribution >= 0.6 is 0 Å². The third-order valence-corrected chi connectivity index (χ3v) is 1.37. The Morgan fingerprint density at radius 1 is 1.31 bits per heavy atom. The second-order valence-electron chi connectivity index (χ2n) is 2.69. The van der Waals surface area contributed by atoms with Gasteiger partial charge in [-0.2, -0.15) is 5.10 Å². The van der Waals surface area contributed by atoms with Crippen molar-refractivity contribution < 1.29 is 4.79 Å². The summed E-state index contributed by atoms with van der Waals surface area (Å²) in [5.74, 6) is -0.221. The van der Waals surface area contributed by atoms with E-state index in [9.17, 15) is 4.79 Å². The smallest absolute Gasteiger partial charge is 0.217 e. The molecule has 1 atom stereocenters. The number of hydrogen-bond acceptors (Lipinski definition) is 3. The molecule has 74 valence electrons. The van der Waals surface area contributed by atoms with Crippen molar-refractivity contribution in [1.82, 2.24) is 5.32 Å². The Morgan fingerprint density at radius 3 is 2.23 bits per heavy atom. The molecule has 1 amide bonds. The first-order chi connectivity index (χ1) is 5.93. The van der Waals surface area contributed by atoms with Crippen LogP contribution in [0.15, 0.2) is 10.2 Å². The lowest BCUT2D eigenvalue weighted by Gasteiger charge is -2.10. The summed E-state index contributed by atoms with van der Waals surface area (Å²) in [6, 6.07) is -0.166. The molecule has 0 fully saturated rings. The molecule has 0 rings (SSSR count). The van der Waals surface area contributed by atoms with Gasteiger partial charge in [-0.3, -0.25) is 4.79 Å². The summed E-state index contributed by atoms with van der Waals surface area (Å²) in [4.78, 5) is 10.6. The summed E-state index contributed by atoms with van der Waals surface area (Å²) < 4.78 is 0. The minimum absolute atomic E-state index is 0.102. The highest BCUT2D eigenvalue weighted by Gasteiger charge is 2.05. The summed E-state index contributed by atoms with van der Waals surface area (Å²) in [5.41, 5.74) is 10.8. The maximum atomic E-state index is 10.6. The highest BCUT2D eigenvalue weighted by atomic mass is 16.1. The summed E-state index contributed by atoms with van der Waals surface area (Å²) in [5, 5.41) is 9.82. The summed E-state index contributed by atoms with van der Waals surface area (Å²) in [6.45, 7) is 4.96. The van der Waals surface area contributed by atoms with Crippen LogP contribution < -0.4 is 16.8 Å². The van der Waals surface area contributed by atoms with Gasteiger partial charge in [-0.15, -0.1) is 5.10 Å². The number of nitrogens with zero attached hydrogens (tertiary/aromatic N) is 2. The standard InChI is InChI=1S/C7H15N5O/c1-4(10-6(3)13)5(2)11-12-7(8)9/h4H,1-3H3,(H,10,13)(H4,8,9,12)/b11-5+. The van der Waals surface area contributed by atoms with Crippen LogP contribution in [-0.2, 0) is 4.79 Å². The topological polar surface area (TPSA) is 106 Å². The third-order valence-electron chi connectivity index (χ3n) is 1.37. The number of hydrogen-bond donors (Lipinski definition) is 3. The van der Waals surface area contributed by atoms with E-state index in [2.05, 4.69) is 15.5 Å². The van der Waals surface area contributed by atoms with Gasteiger partial charge in [-0.25, -0.2) is 0 Å². The van der Waals surface area contributed by atoms with E-state index in [-0.39, 0.29) is 17.9 Å². The van der Waals surface area contributed by atoms with Crippen molar-refractivity contribution >= 4 is 17.6 Å². The van der Waals surface area contributed by atoms with Gasteiger partial charge in [0, 0.05) is 6.92 Å². The van der Waals surface area contributed by atoms with E-state index in [4.69, 9.17) is 11.5 Å². The third kappa shape index (κ3) is 5.66. The first kappa shape index (κ1) is 11.4. The van der Waals surface area contributed by atoms with Crippen LogP contribution in [-0.4, -0.2) is 23.6 Å². The molecular formula is C7H15N5O. The number of carbonyl (C=O) groups is 1. The Hall–Kier alpha value is -1.59. The number of amides is 1. The van der Waals surface area contributed by atoms with Gasteiger partial charge in [-0.1, -0.05) is 0 Å². The molecule has 1 unspecified atom stereocenters. The van der Waals surface area contributed by atoms with Gasteiger partial charge in [0.15, 0.2) is 0 Å². The van der Waals surface area contributed by atoms with Crippen molar-refractivity contribution in [1.29, 1.82) is 0 Å². The van der Waals surface area contributed by atoms with Gasteiger partial charge >= 0.3 is 0 Å². The van der Waals surface area contributed by atoms with Crippen LogP contribution in [0.4, 0.5) is 0 Å². The summed E-state index contributed by atoms with van der Waals surface area (Å²) in [6.07, 6.45) is 0. The van der Waals surface area contributed by atoms with Gasteiger partial charge in [-0.05, 0) is 13.8 Å². The van der Waals surface area contributed by atoms with Crippen LogP contribution in [0.2, 0.25) is 0 Å². The Labute approximate surface area is 77.1 Å². The van der Waals surface area contributed by atoms with Crippen molar-refractivity contribution in [3.05, 3.63) is 0 Å². The van der Waals surface area contributed by atoms with Gasteiger partial charge < -0.3 is 16.8 Å². The Balaban J connectivity index is 4.24. The monoisotopic (exact) mass is 185 g/mol. The SMILES string of the molecule is CC(=O)NC(C)/C(C)=N/N=C(N)N. The molecule has 0 saturated heterocycles. The Kier molecular flexibility index (Phi) is 4.50. The van der Waals surface area contributed by atoms with Crippen LogP contribution in [0.25, 0.3) is 0 Å².